The number of carboxylic acid groups (broad SMARTS) is 2. The molecule has 0 aliphatic rings. The Bertz CT molecular complexity index is 71.6. The molecule has 0 N–H and O–H groups in total. The smallest absolute Gasteiger partial charge is 0.550 e. The maximum absolute atomic E-state index is 8.89. The van der Waals surface area contributed by atoms with E-state index < -0.39 is 11.9 Å². The van der Waals surface area contributed by atoms with E-state index in [1.807, 2.05) is 0 Å². The summed E-state index contributed by atoms with van der Waals surface area (Å²) in [7, 11) is 0. The van der Waals surface area contributed by atoms with Gasteiger partial charge in [0.2, 0.25) is 0 Å². The minimum absolute atomic E-state index is 0. The average Bonchev–Trinajstić information content (AvgIpc) is 1.25. The van der Waals surface area contributed by atoms with Crippen molar-refractivity contribution >= 4 is 11.9 Å². The van der Waals surface area contributed by atoms with Crippen molar-refractivity contribution in [2.24, 2.45) is 0 Å². The van der Waals surface area contributed by atoms with E-state index in [1.54, 1.807) is 0 Å². The standard InChI is InChI=1S/2C2H4O2.CH4.Mn/c2*1-2(3)4;;/h2*1H3,(H,3,4);1H4;/q;;;+2/p-2. The third-order valence-corrected chi connectivity index (χ3v) is 0. The summed E-state index contributed by atoms with van der Waals surface area (Å²) < 4.78 is 0. The molecule has 0 unspecified atom stereocenters. The summed E-state index contributed by atoms with van der Waals surface area (Å²) in [6, 6.07) is 0. The molecule has 0 saturated carbocycles. The van der Waals surface area contributed by atoms with E-state index in [1.165, 1.54) is 0 Å². The van der Waals surface area contributed by atoms with Crippen molar-refractivity contribution in [1.29, 1.82) is 0 Å². The van der Waals surface area contributed by atoms with E-state index >= 15 is 0 Å². The molecule has 0 bridgehead atoms. The zero-order chi connectivity index (χ0) is 7.15. The van der Waals surface area contributed by atoms with Crippen LogP contribution in [0.25, 0.3) is 0 Å². The Morgan fingerprint density at radius 2 is 1.00 bits per heavy atom. The fourth-order valence-corrected chi connectivity index (χ4v) is 0. The Labute approximate surface area is 70.7 Å². The molecule has 0 spiro atoms. The number of aliphatic carboxylic acids is 2. The van der Waals surface area contributed by atoms with Crippen LogP contribution in [0.5, 0.6) is 0 Å². The van der Waals surface area contributed by atoms with Crippen LogP contribution in [0.15, 0.2) is 0 Å². The van der Waals surface area contributed by atoms with E-state index in [0.717, 1.165) is 13.8 Å². The molecule has 0 aromatic carbocycles. The first kappa shape index (κ1) is 22.7. The molecule has 0 aromatic heterocycles. The molecule has 10 heavy (non-hydrogen) atoms. The van der Waals surface area contributed by atoms with Gasteiger partial charge in [0.1, 0.15) is 0 Å². The second-order valence-electron chi connectivity index (χ2n) is 0.983. The van der Waals surface area contributed by atoms with E-state index in [0.29, 0.717) is 0 Å². The van der Waals surface area contributed by atoms with E-state index in [2.05, 4.69) is 0 Å². The van der Waals surface area contributed by atoms with Crippen LogP contribution in [0.4, 0.5) is 0 Å². The summed E-state index contributed by atoms with van der Waals surface area (Å²) in [6.07, 6.45) is 0. The summed E-state index contributed by atoms with van der Waals surface area (Å²) >= 11 is 0. The molecule has 0 atom stereocenters. The predicted molar refractivity (Wildman–Crippen MR) is 28.1 cm³/mol. The summed E-state index contributed by atoms with van der Waals surface area (Å²) in [5.41, 5.74) is 0. The first-order valence-electron chi connectivity index (χ1n) is 1.82. The summed E-state index contributed by atoms with van der Waals surface area (Å²) in [6.45, 7) is 1.94. The van der Waals surface area contributed by atoms with Gasteiger partial charge >= 0.3 is 17.1 Å². The Balaban J connectivity index is -0.0000000300. The van der Waals surface area contributed by atoms with Gasteiger partial charge in [0, 0.05) is 11.9 Å². The molecular formula is C5H10MnO4. The Hall–Kier alpha value is -0.541. The van der Waals surface area contributed by atoms with Crippen LogP contribution in [0.2, 0.25) is 0 Å². The molecule has 0 heterocycles. The normalized spacial score (nSPS) is 5.00. The number of carbonyl (C=O) groups is 2. The number of hydrogen-bond donors (Lipinski definition) is 0. The Morgan fingerprint density at radius 3 is 1.00 bits per heavy atom. The van der Waals surface area contributed by atoms with Gasteiger partial charge < -0.3 is 19.8 Å². The van der Waals surface area contributed by atoms with Gasteiger partial charge in [-0.3, -0.25) is 0 Å². The maximum atomic E-state index is 8.89. The molecule has 0 aliphatic heterocycles. The summed E-state index contributed by atoms with van der Waals surface area (Å²) in [4.78, 5) is 17.8. The summed E-state index contributed by atoms with van der Waals surface area (Å²) in [5, 5.41) is 17.8. The molecule has 5 heteroatoms. The monoisotopic (exact) mass is 189 g/mol. The van der Waals surface area contributed by atoms with Gasteiger partial charge in [-0.15, -0.1) is 0 Å². The van der Waals surface area contributed by atoms with Crippen LogP contribution in [-0.4, -0.2) is 11.9 Å². The third kappa shape index (κ3) is 1070. The zero-order valence-electron chi connectivity index (χ0n) is 5.01. The predicted octanol–water partition coefficient (Wildman–Crippen LogP) is -1.85. The van der Waals surface area contributed by atoms with Gasteiger partial charge in [-0.25, -0.2) is 0 Å². The first-order valence-corrected chi connectivity index (χ1v) is 1.82. The third-order valence-electron chi connectivity index (χ3n) is 0. The number of carboxylic acids is 2. The van der Waals surface area contributed by atoms with Gasteiger partial charge in [0.05, 0.1) is 0 Å². The van der Waals surface area contributed by atoms with Gasteiger partial charge in [-0.1, -0.05) is 7.43 Å². The molecule has 0 amide bonds. The topological polar surface area (TPSA) is 80.3 Å². The number of rotatable bonds is 0. The zero-order valence-corrected chi connectivity index (χ0v) is 6.19. The maximum Gasteiger partial charge on any atom is 2.00 e. The Kier molecular flexibility index (Phi) is 35.9. The fraction of sp³-hybridized carbons (Fsp3) is 0.600. The molecule has 4 nitrogen and oxygen atoms in total. The second-order valence-corrected chi connectivity index (χ2v) is 0.983. The fourth-order valence-electron chi connectivity index (χ4n) is 0. The van der Waals surface area contributed by atoms with Crippen LogP contribution in [0.1, 0.15) is 21.3 Å². The molecule has 0 aliphatic carbocycles. The SMILES string of the molecule is C.CC(=O)[O-].CC(=O)[O-].[Mn+2]. The molecule has 0 fully saturated rings. The van der Waals surface area contributed by atoms with E-state index in [9.17, 15) is 0 Å². The van der Waals surface area contributed by atoms with Gasteiger partial charge in [-0.05, 0) is 13.8 Å². The van der Waals surface area contributed by atoms with Crippen molar-refractivity contribution in [2.75, 3.05) is 0 Å². The van der Waals surface area contributed by atoms with Crippen LogP contribution >= 0.6 is 0 Å². The van der Waals surface area contributed by atoms with Gasteiger partial charge in [0.15, 0.2) is 0 Å². The molecule has 0 saturated heterocycles. The van der Waals surface area contributed by atoms with Crippen LogP contribution in [0.3, 0.4) is 0 Å². The van der Waals surface area contributed by atoms with E-state index in [4.69, 9.17) is 19.8 Å². The minimum atomic E-state index is -1.08. The number of hydrogen-bond acceptors (Lipinski definition) is 4. The van der Waals surface area contributed by atoms with Crippen LogP contribution in [-0.2, 0) is 26.7 Å². The van der Waals surface area contributed by atoms with Crippen molar-refractivity contribution < 1.29 is 36.9 Å². The van der Waals surface area contributed by atoms with Crippen molar-refractivity contribution in [3.05, 3.63) is 0 Å². The number of carbonyl (C=O) groups excluding carboxylic acids is 2. The summed E-state index contributed by atoms with van der Waals surface area (Å²) in [5.74, 6) is -2.17. The second kappa shape index (κ2) is 15.8. The minimum Gasteiger partial charge on any atom is -0.550 e. The largest absolute Gasteiger partial charge is 2.00 e. The van der Waals surface area contributed by atoms with Gasteiger partial charge in [0.25, 0.3) is 0 Å². The van der Waals surface area contributed by atoms with Crippen LogP contribution < -0.4 is 10.2 Å². The molecule has 1 radical (unpaired) electrons. The molecule has 0 aromatic rings. The van der Waals surface area contributed by atoms with Crippen molar-refractivity contribution in [3.63, 3.8) is 0 Å². The quantitative estimate of drug-likeness (QED) is 0.419. The molecular weight excluding hydrogens is 179 g/mol. The van der Waals surface area contributed by atoms with Crippen LogP contribution in [0, 0.1) is 0 Å². The van der Waals surface area contributed by atoms with Crippen molar-refractivity contribution in [3.8, 4) is 0 Å². The van der Waals surface area contributed by atoms with E-state index in [-0.39, 0.29) is 24.5 Å². The average molecular weight is 189 g/mol. The first-order chi connectivity index (χ1) is 3.46. The van der Waals surface area contributed by atoms with Crippen molar-refractivity contribution in [2.45, 2.75) is 21.3 Å². The van der Waals surface area contributed by atoms with Gasteiger partial charge in [-0.2, -0.15) is 0 Å². The Morgan fingerprint density at radius 1 is 1.00 bits per heavy atom. The molecule has 0 rings (SSSR count). The molecule has 61 valence electrons. The van der Waals surface area contributed by atoms with Crippen molar-refractivity contribution in [1.82, 2.24) is 0 Å².